The van der Waals surface area contributed by atoms with E-state index in [1.807, 2.05) is 0 Å². The summed E-state index contributed by atoms with van der Waals surface area (Å²) >= 11 is 0. The van der Waals surface area contributed by atoms with Gasteiger partial charge in [-0.25, -0.2) is 14.4 Å². The van der Waals surface area contributed by atoms with Crippen LogP contribution in [-0.4, -0.2) is 34.9 Å². The second-order valence-electron chi connectivity index (χ2n) is 5.33. The molecule has 0 saturated heterocycles. The van der Waals surface area contributed by atoms with Gasteiger partial charge < -0.3 is 16.0 Å². The number of carbonyl (C=O) groups is 2. The van der Waals surface area contributed by atoms with Crippen LogP contribution in [0, 0.1) is 5.82 Å². The number of benzene rings is 1. The maximum absolute atomic E-state index is 13.3. The predicted molar refractivity (Wildman–Crippen MR) is 85.9 cm³/mol. The summed E-state index contributed by atoms with van der Waals surface area (Å²) in [6.45, 7) is 0.802. The molecule has 1 aliphatic rings. The van der Waals surface area contributed by atoms with Crippen molar-refractivity contribution in [1.82, 2.24) is 15.3 Å². The summed E-state index contributed by atoms with van der Waals surface area (Å²) in [7, 11) is 0. The van der Waals surface area contributed by atoms with Gasteiger partial charge in [0.1, 0.15) is 5.82 Å². The standard InChI is InChI=1S/C16H16FN5O2/c17-10-2-3-11-12(9-14(23)22-13(11)8-10)15(24)18-6-7-21-16-19-4-1-5-20-16/h1-5,8,12H,6-7,9H2,(H,18,24)(H,22,23)(H,19,20,21)/t12-/m1/s1. The van der Waals surface area contributed by atoms with Gasteiger partial charge in [-0.05, 0) is 23.8 Å². The smallest absolute Gasteiger partial charge is 0.228 e. The van der Waals surface area contributed by atoms with Crippen LogP contribution in [0.25, 0.3) is 0 Å². The molecule has 7 nitrogen and oxygen atoms in total. The third-order valence-electron chi connectivity index (χ3n) is 3.64. The Hall–Kier alpha value is -3.03. The highest BCUT2D eigenvalue weighted by Gasteiger charge is 2.30. The summed E-state index contributed by atoms with van der Waals surface area (Å²) in [4.78, 5) is 32.1. The maximum Gasteiger partial charge on any atom is 0.228 e. The second kappa shape index (κ2) is 7.03. The van der Waals surface area contributed by atoms with E-state index >= 15 is 0 Å². The molecular weight excluding hydrogens is 313 g/mol. The summed E-state index contributed by atoms with van der Waals surface area (Å²) in [5.41, 5.74) is 0.968. The molecule has 0 unspecified atom stereocenters. The molecule has 2 aromatic rings. The van der Waals surface area contributed by atoms with E-state index in [4.69, 9.17) is 0 Å². The van der Waals surface area contributed by atoms with Crippen molar-refractivity contribution >= 4 is 23.5 Å². The molecule has 3 N–H and O–H groups in total. The Morgan fingerprint density at radius 2 is 2.08 bits per heavy atom. The summed E-state index contributed by atoms with van der Waals surface area (Å²) in [5.74, 6) is -1.17. The van der Waals surface area contributed by atoms with Crippen LogP contribution in [0.2, 0.25) is 0 Å². The normalized spacial score (nSPS) is 16.0. The zero-order valence-electron chi connectivity index (χ0n) is 12.8. The lowest BCUT2D eigenvalue weighted by Gasteiger charge is -2.24. The number of amides is 2. The second-order valence-corrected chi connectivity index (χ2v) is 5.33. The van der Waals surface area contributed by atoms with Gasteiger partial charge in [0.2, 0.25) is 17.8 Å². The lowest BCUT2D eigenvalue weighted by atomic mass is 9.89. The number of nitrogens with zero attached hydrogens (tertiary/aromatic N) is 2. The fourth-order valence-electron chi connectivity index (χ4n) is 2.54. The Bertz CT molecular complexity index is 753. The van der Waals surface area contributed by atoms with Crippen molar-refractivity contribution in [3.05, 3.63) is 48.0 Å². The molecule has 1 aromatic heterocycles. The average molecular weight is 329 g/mol. The van der Waals surface area contributed by atoms with Crippen LogP contribution in [0.5, 0.6) is 0 Å². The van der Waals surface area contributed by atoms with Gasteiger partial charge in [0.15, 0.2) is 0 Å². The minimum absolute atomic E-state index is 0.0414. The first-order chi connectivity index (χ1) is 11.6. The highest BCUT2D eigenvalue weighted by molar-refractivity contribution is 6.01. The minimum Gasteiger partial charge on any atom is -0.354 e. The highest BCUT2D eigenvalue weighted by Crippen LogP contribution is 2.32. The number of nitrogens with one attached hydrogen (secondary N) is 3. The van der Waals surface area contributed by atoms with Gasteiger partial charge >= 0.3 is 0 Å². The van der Waals surface area contributed by atoms with Crippen molar-refractivity contribution in [2.45, 2.75) is 12.3 Å². The van der Waals surface area contributed by atoms with Gasteiger partial charge in [-0.3, -0.25) is 9.59 Å². The molecule has 2 heterocycles. The topological polar surface area (TPSA) is 96.0 Å². The zero-order chi connectivity index (χ0) is 16.9. The van der Waals surface area contributed by atoms with Gasteiger partial charge in [-0.2, -0.15) is 0 Å². The van der Waals surface area contributed by atoms with Gasteiger partial charge in [-0.15, -0.1) is 0 Å². The third-order valence-corrected chi connectivity index (χ3v) is 3.64. The Kier molecular flexibility index (Phi) is 4.64. The quantitative estimate of drug-likeness (QED) is 0.718. The Morgan fingerprint density at radius 3 is 2.88 bits per heavy atom. The summed E-state index contributed by atoms with van der Waals surface area (Å²) < 4.78 is 13.3. The Morgan fingerprint density at radius 1 is 1.29 bits per heavy atom. The number of fused-ring (bicyclic) bond motifs is 1. The van der Waals surface area contributed by atoms with Crippen molar-refractivity contribution in [3.8, 4) is 0 Å². The van der Waals surface area contributed by atoms with Gasteiger partial charge in [0.05, 0.1) is 5.92 Å². The van der Waals surface area contributed by atoms with Crippen LogP contribution in [0.15, 0.2) is 36.7 Å². The van der Waals surface area contributed by atoms with Gasteiger partial charge in [0, 0.05) is 37.6 Å². The Labute approximate surface area is 137 Å². The van der Waals surface area contributed by atoms with Crippen molar-refractivity contribution in [1.29, 1.82) is 0 Å². The molecule has 24 heavy (non-hydrogen) atoms. The summed E-state index contributed by atoms with van der Waals surface area (Å²) in [6, 6.07) is 5.75. The maximum atomic E-state index is 13.3. The number of halogens is 1. The van der Waals surface area contributed by atoms with Crippen LogP contribution >= 0.6 is 0 Å². The molecule has 0 saturated carbocycles. The summed E-state index contributed by atoms with van der Waals surface area (Å²) in [6.07, 6.45) is 3.27. The van der Waals surface area contributed by atoms with E-state index in [2.05, 4.69) is 25.9 Å². The SMILES string of the molecule is O=C1C[C@@H](C(=O)NCCNc2ncccn2)c2ccc(F)cc2N1. The molecule has 0 spiro atoms. The van der Waals surface area contributed by atoms with E-state index in [0.29, 0.717) is 30.3 Å². The molecule has 0 aliphatic carbocycles. The average Bonchev–Trinajstić information content (AvgIpc) is 2.58. The van der Waals surface area contributed by atoms with E-state index in [9.17, 15) is 14.0 Å². The number of anilines is 2. The van der Waals surface area contributed by atoms with Crippen LogP contribution in [-0.2, 0) is 9.59 Å². The molecule has 1 aromatic carbocycles. The molecule has 0 bridgehead atoms. The molecule has 8 heteroatoms. The molecule has 2 amide bonds. The predicted octanol–water partition coefficient (Wildman–Crippen LogP) is 1.27. The first-order valence-electron chi connectivity index (χ1n) is 7.51. The van der Waals surface area contributed by atoms with Crippen LogP contribution < -0.4 is 16.0 Å². The van der Waals surface area contributed by atoms with Gasteiger partial charge in [-0.1, -0.05) is 6.07 Å². The fraction of sp³-hybridized carbons (Fsp3) is 0.250. The number of carbonyl (C=O) groups excluding carboxylic acids is 2. The largest absolute Gasteiger partial charge is 0.354 e. The highest BCUT2D eigenvalue weighted by atomic mass is 19.1. The first kappa shape index (κ1) is 15.9. The monoisotopic (exact) mass is 329 g/mol. The molecule has 1 aliphatic heterocycles. The number of hydrogen-bond donors (Lipinski definition) is 3. The molecular formula is C16H16FN5O2. The fourth-order valence-corrected chi connectivity index (χ4v) is 2.54. The van der Waals surface area contributed by atoms with E-state index in [-0.39, 0.29) is 18.2 Å². The lowest BCUT2D eigenvalue weighted by Crippen LogP contribution is -2.37. The van der Waals surface area contributed by atoms with E-state index in [0.717, 1.165) is 0 Å². The van der Waals surface area contributed by atoms with Crippen molar-refractivity contribution in [3.63, 3.8) is 0 Å². The number of aromatic nitrogens is 2. The molecule has 0 radical (unpaired) electrons. The lowest BCUT2D eigenvalue weighted by molar-refractivity contribution is -0.126. The third kappa shape index (κ3) is 3.65. The van der Waals surface area contributed by atoms with Gasteiger partial charge in [0.25, 0.3) is 0 Å². The molecule has 124 valence electrons. The van der Waals surface area contributed by atoms with Crippen molar-refractivity contribution in [2.75, 3.05) is 23.7 Å². The van der Waals surface area contributed by atoms with Crippen molar-refractivity contribution in [2.24, 2.45) is 0 Å². The number of rotatable bonds is 5. The van der Waals surface area contributed by atoms with E-state index < -0.39 is 11.7 Å². The van der Waals surface area contributed by atoms with E-state index in [1.54, 1.807) is 18.5 Å². The first-order valence-corrected chi connectivity index (χ1v) is 7.51. The molecule has 1 atom stereocenters. The minimum atomic E-state index is -0.623. The Balaban J connectivity index is 1.58. The van der Waals surface area contributed by atoms with Crippen molar-refractivity contribution < 1.29 is 14.0 Å². The van der Waals surface area contributed by atoms with Crippen LogP contribution in [0.1, 0.15) is 17.9 Å². The molecule has 0 fully saturated rings. The van der Waals surface area contributed by atoms with Crippen LogP contribution in [0.3, 0.4) is 0 Å². The molecule has 3 rings (SSSR count). The summed E-state index contributed by atoms with van der Waals surface area (Å²) in [5, 5.41) is 8.33. The number of hydrogen-bond acceptors (Lipinski definition) is 5. The van der Waals surface area contributed by atoms with Crippen LogP contribution in [0.4, 0.5) is 16.0 Å². The zero-order valence-corrected chi connectivity index (χ0v) is 12.8. The van der Waals surface area contributed by atoms with E-state index in [1.165, 1.54) is 18.2 Å².